The van der Waals surface area contributed by atoms with Gasteiger partial charge in [0, 0.05) is 35.3 Å². The zero-order chi connectivity index (χ0) is 19.1. The Hall–Kier alpha value is -2.51. The lowest BCUT2D eigenvalue weighted by Gasteiger charge is -2.35. The molecule has 28 heavy (non-hydrogen) atoms. The zero-order valence-electron chi connectivity index (χ0n) is 14.9. The summed E-state index contributed by atoms with van der Waals surface area (Å²) in [5.41, 5.74) is 3.01. The van der Waals surface area contributed by atoms with Crippen LogP contribution in [-0.4, -0.2) is 25.5 Å². The van der Waals surface area contributed by atoms with Crippen LogP contribution < -0.4 is 5.32 Å². The monoisotopic (exact) mass is 411 g/mol. The molecule has 0 amide bonds. The number of benzene rings is 1. The van der Waals surface area contributed by atoms with E-state index < -0.39 is 0 Å². The van der Waals surface area contributed by atoms with Gasteiger partial charge in [-0.15, -0.1) is 5.10 Å². The first-order chi connectivity index (χ1) is 13.7. The first-order valence-corrected chi connectivity index (χ1v) is 10.5. The minimum atomic E-state index is -0.250. The SMILES string of the molecule is O=C1CCC=C2Nc3nc(SCc4ccccc4Cl)nn3[C@@H](c3cc[nH]c3)[C@H]12. The van der Waals surface area contributed by atoms with Crippen molar-refractivity contribution in [1.82, 2.24) is 19.7 Å². The van der Waals surface area contributed by atoms with Crippen LogP contribution in [0.15, 0.2) is 59.7 Å². The van der Waals surface area contributed by atoms with Gasteiger partial charge in [-0.3, -0.25) is 4.79 Å². The second kappa shape index (κ2) is 7.14. The number of hydrogen-bond acceptors (Lipinski definition) is 5. The van der Waals surface area contributed by atoms with Gasteiger partial charge in [-0.05, 0) is 29.7 Å². The molecular formula is C20H18ClN5OS. The van der Waals surface area contributed by atoms with Crippen LogP contribution in [0.3, 0.4) is 0 Å². The van der Waals surface area contributed by atoms with Gasteiger partial charge < -0.3 is 10.3 Å². The molecule has 5 rings (SSSR count). The molecule has 0 saturated heterocycles. The minimum Gasteiger partial charge on any atom is -0.367 e. The highest BCUT2D eigenvalue weighted by atomic mass is 35.5. The number of fused-ring (bicyclic) bond motifs is 2. The van der Waals surface area contributed by atoms with Crippen molar-refractivity contribution >= 4 is 35.1 Å². The molecule has 6 nitrogen and oxygen atoms in total. The average molecular weight is 412 g/mol. The number of Topliss-reactive ketones (excluding diaryl/α,β-unsaturated/α-hetero) is 1. The molecular weight excluding hydrogens is 394 g/mol. The van der Waals surface area contributed by atoms with Crippen molar-refractivity contribution in [3.8, 4) is 0 Å². The number of allylic oxidation sites excluding steroid dienone is 2. The molecule has 2 atom stereocenters. The summed E-state index contributed by atoms with van der Waals surface area (Å²) in [5.74, 6) is 1.34. The number of ketones is 1. The topological polar surface area (TPSA) is 75.6 Å². The molecule has 0 unspecified atom stereocenters. The van der Waals surface area contributed by atoms with Gasteiger partial charge in [-0.2, -0.15) is 4.98 Å². The van der Waals surface area contributed by atoms with Crippen molar-refractivity contribution < 1.29 is 4.79 Å². The van der Waals surface area contributed by atoms with E-state index in [1.807, 2.05) is 47.4 Å². The zero-order valence-corrected chi connectivity index (χ0v) is 16.5. The van der Waals surface area contributed by atoms with Gasteiger partial charge in [-0.25, -0.2) is 4.68 Å². The molecule has 0 bridgehead atoms. The molecule has 0 saturated carbocycles. The number of anilines is 1. The summed E-state index contributed by atoms with van der Waals surface area (Å²) in [6.07, 6.45) is 7.24. The second-order valence-electron chi connectivity index (χ2n) is 6.90. The number of H-pyrrole nitrogens is 1. The Labute approximate surface area is 171 Å². The molecule has 0 spiro atoms. The smallest absolute Gasteiger partial charge is 0.227 e. The van der Waals surface area contributed by atoms with Crippen LogP contribution >= 0.6 is 23.4 Å². The van der Waals surface area contributed by atoms with E-state index >= 15 is 0 Å². The van der Waals surface area contributed by atoms with Crippen molar-refractivity contribution in [2.24, 2.45) is 5.92 Å². The van der Waals surface area contributed by atoms with Gasteiger partial charge >= 0.3 is 0 Å². The lowest BCUT2D eigenvalue weighted by Crippen LogP contribution is -2.38. The molecule has 0 radical (unpaired) electrons. The van der Waals surface area contributed by atoms with Crippen LogP contribution in [-0.2, 0) is 10.5 Å². The summed E-state index contributed by atoms with van der Waals surface area (Å²) >= 11 is 7.80. The van der Waals surface area contributed by atoms with Crippen LogP contribution in [0.4, 0.5) is 5.95 Å². The highest BCUT2D eigenvalue weighted by Crippen LogP contribution is 2.42. The first-order valence-electron chi connectivity index (χ1n) is 9.16. The molecule has 3 heterocycles. The highest BCUT2D eigenvalue weighted by Gasteiger charge is 2.41. The maximum absolute atomic E-state index is 12.7. The number of thioether (sulfide) groups is 1. The number of aromatic nitrogens is 4. The molecule has 1 aliphatic carbocycles. The summed E-state index contributed by atoms with van der Waals surface area (Å²) in [4.78, 5) is 20.5. The van der Waals surface area contributed by atoms with Crippen LogP contribution in [0.2, 0.25) is 5.02 Å². The predicted molar refractivity (Wildman–Crippen MR) is 109 cm³/mol. The quantitative estimate of drug-likeness (QED) is 0.621. The Kier molecular flexibility index (Phi) is 4.49. The Morgan fingerprint density at radius 3 is 3.00 bits per heavy atom. The molecule has 2 aromatic heterocycles. The number of hydrogen-bond donors (Lipinski definition) is 2. The second-order valence-corrected chi connectivity index (χ2v) is 8.25. The standard InChI is InChI=1S/C20H18ClN5OS/c21-14-5-2-1-4-13(14)11-28-20-24-19-23-15-6-3-7-16(27)17(15)18(26(19)25-20)12-8-9-22-10-12/h1-2,4-6,8-10,17-18,22H,3,7,11H2,(H,23,24,25)/t17-,18-/m0/s1. The number of nitrogens with zero attached hydrogens (tertiary/aromatic N) is 3. The van der Waals surface area contributed by atoms with E-state index in [1.54, 1.807) is 0 Å². The fourth-order valence-electron chi connectivity index (χ4n) is 3.83. The molecule has 3 aromatic rings. The van der Waals surface area contributed by atoms with Gasteiger partial charge in [0.15, 0.2) is 0 Å². The summed E-state index contributed by atoms with van der Waals surface area (Å²) in [6, 6.07) is 9.59. The first kappa shape index (κ1) is 17.6. The van der Waals surface area contributed by atoms with Crippen LogP contribution in [0, 0.1) is 5.92 Å². The maximum Gasteiger partial charge on any atom is 0.227 e. The van der Waals surface area contributed by atoms with E-state index in [0.717, 1.165) is 28.3 Å². The van der Waals surface area contributed by atoms with E-state index in [-0.39, 0.29) is 17.7 Å². The number of halogens is 1. The summed E-state index contributed by atoms with van der Waals surface area (Å²) < 4.78 is 1.85. The number of nitrogens with one attached hydrogen (secondary N) is 2. The lowest BCUT2D eigenvalue weighted by molar-refractivity contribution is -0.123. The summed E-state index contributed by atoms with van der Waals surface area (Å²) in [7, 11) is 0. The number of carbonyl (C=O) groups is 1. The van der Waals surface area contributed by atoms with Crippen LogP contribution in [0.1, 0.15) is 30.0 Å². The van der Waals surface area contributed by atoms with E-state index in [2.05, 4.69) is 21.4 Å². The van der Waals surface area contributed by atoms with Crippen molar-refractivity contribution in [2.75, 3.05) is 5.32 Å². The number of rotatable bonds is 4. The normalized spacial score (nSPS) is 20.9. The summed E-state index contributed by atoms with van der Waals surface area (Å²) in [5, 5.41) is 9.46. The predicted octanol–water partition coefficient (Wildman–Crippen LogP) is 4.43. The van der Waals surface area contributed by atoms with Crippen molar-refractivity contribution in [3.05, 3.63) is 70.6 Å². The summed E-state index contributed by atoms with van der Waals surface area (Å²) in [6.45, 7) is 0. The Bertz CT molecular complexity index is 1060. The Balaban J connectivity index is 1.49. The van der Waals surface area contributed by atoms with Crippen molar-refractivity contribution in [1.29, 1.82) is 0 Å². The highest BCUT2D eigenvalue weighted by molar-refractivity contribution is 7.98. The fraction of sp³-hybridized carbons (Fsp3) is 0.250. The van der Waals surface area contributed by atoms with Gasteiger partial charge in [0.1, 0.15) is 5.78 Å². The van der Waals surface area contributed by atoms with E-state index in [0.29, 0.717) is 23.3 Å². The van der Waals surface area contributed by atoms with E-state index in [4.69, 9.17) is 16.7 Å². The number of carbonyl (C=O) groups excluding carboxylic acids is 1. The van der Waals surface area contributed by atoms with Gasteiger partial charge in [-0.1, -0.05) is 47.6 Å². The molecule has 2 N–H and O–H groups in total. The Morgan fingerprint density at radius 1 is 1.29 bits per heavy atom. The van der Waals surface area contributed by atoms with Crippen molar-refractivity contribution in [3.63, 3.8) is 0 Å². The minimum absolute atomic E-state index is 0.191. The number of aromatic amines is 1. The van der Waals surface area contributed by atoms with E-state index in [9.17, 15) is 4.79 Å². The van der Waals surface area contributed by atoms with Crippen molar-refractivity contribution in [2.45, 2.75) is 29.8 Å². The molecule has 2 aliphatic rings. The van der Waals surface area contributed by atoms with Gasteiger partial charge in [0.2, 0.25) is 11.1 Å². The Morgan fingerprint density at radius 2 is 2.18 bits per heavy atom. The largest absolute Gasteiger partial charge is 0.367 e. The third-order valence-electron chi connectivity index (χ3n) is 5.16. The van der Waals surface area contributed by atoms with Crippen LogP contribution in [0.5, 0.6) is 0 Å². The molecule has 142 valence electrons. The van der Waals surface area contributed by atoms with Gasteiger partial charge in [0.05, 0.1) is 12.0 Å². The van der Waals surface area contributed by atoms with E-state index in [1.165, 1.54) is 11.8 Å². The lowest BCUT2D eigenvalue weighted by atomic mass is 9.81. The molecule has 1 aromatic carbocycles. The van der Waals surface area contributed by atoms with Gasteiger partial charge in [0.25, 0.3) is 0 Å². The fourth-order valence-corrected chi connectivity index (χ4v) is 4.94. The average Bonchev–Trinajstić information content (AvgIpc) is 3.35. The third-order valence-corrected chi connectivity index (χ3v) is 6.42. The molecule has 8 heteroatoms. The maximum atomic E-state index is 12.7. The molecule has 0 fully saturated rings. The van der Waals surface area contributed by atoms with Crippen LogP contribution in [0.25, 0.3) is 0 Å². The third kappa shape index (κ3) is 3.04. The molecule has 1 aliphatic heterocycles.